The van der Waals surface area contributed by atoms with Gasteiger partial charge in [-0.3, -0.25) is 4.79 Å². The highest BCUT2D eigenvalue weighted by Gasteiger charge is 2.23. The van der Waals surface area contributed by atoms with E-state index in [1.165, 1.54) is 11.3 Å². The fourth-order valence-corrected chi connectivity index (χ4v) is 3.98. The molecule has 3 rings (SSSR count). The van der Waals surface area contributed by atoms with Crippen molar-refractivity contribution in [1.82, 2.24) is 20.2 Å². The number of aromatic nitrogens is 2. The molecule has 136 valence electrons. The van der Waals surface area contributed by atoms with Gasteiger partial charge in [-0.2, -0.15) is 0 Å². The molecule has 1 fully saturated rings. The maximum atomic E-state index is 12.6. The smallest absolute Gasteiger partial charge is 0.262 e. The molecule has 0 bridgehead atoms. The van der Waals surface area contributed by atoms with Crippen molar-refractivity contribution in [3.8, 4) is 0 Å². The third-order valence-electron chi connectivity index (χ3n) is 4.27. The van der Waals surface area contributed by atoms with Crippen LogP contribution in [0.1, 0.15) is 28.1 Å². The Kier molecular flexibility index (Phi) is 5.82. The Hall–Kier alpha value is -1.77. The van der Waals surface area contributed by atoms with Crippen LogP contribution < -0.4 is 10.6 Å². The van der Waals surface area contributed by atoms with Crippen molar-refractivity contribution < 1.29 is 9.53 Å². The second kappa shape index (κ2) is 8.07. The van der Waals surface area contributed by atoms with Crippen molar-refractivity contribution in [2.45, 2.75) is 25.8 Å². The maximum absolute atomic E-state index is 12.6. The normalized spacial score (nSPS) is 17.4. The zero-order chi connectivity index (χ0) is 17.8. The van der Waals surface area contributed by atoms with Gasteiger partial charge in [0.15, 0.2) is 0 Å². The lowest BCUT2D eigenvalue weighted by molar-refractivity contribution is 0.0933. The van der Waals surface area contributed by atoms with E-state index in [4.69, 9.17) is 4.74 Å². The van der Waals surface area contributed by atoms with Gasteiger partial charge in [0.1, 0.15) is 17.0 Å². The van der Waals surface area contributed by atoms with Crippen molar-refractivity contribution in [1.29, 1.82) is 0 Å². The van der Waals surface area contributed by atoms with Crippen molar-refractivity contribution in [3.63, 3.8) is 0 Å². The monoisotopic (exact) mass is 363 g/mol. The van der Waals surface area contributed by atoms with Crippen molar-refractivity contribution in [3.05, 3.63) is 16.8 Å². The molecule has 2 N–H and O–H groups in total. The summed E-state index contributed by atoms with van der Waals surface area (Å²) in [5.41, 5.74) is 0.937. The Balaban J connectivity index is 1.76. The molecule has 0 saturated carbocycles. The van der Waals surface area contributed by atoms with Crippen LogP contribution in [0.2, 0.25) is 0 Å². The fourth-order valence-electron chi connectivity index (χ4n) is 2.92. The average Bonchev–Trinajstić information content (AvgIpc) is 3.20. The molecule has 7 nitrogen and oxygen atoms in total. The van der Waals surface area contributed by atoms with Crippen molar-refractivity contribution in [2.24, 2.45) is 0 Å². The number of hydrogen-bond donors (Lipinski definition) is 2. The lowest BCUT2D eigenvalue weighted by Crippen LogP contribution is -2.34. The van der Waals surface area contributed by atoms with Gasteiger partial charge in [-0.05, 0) is 46.0 Å². The average molecular weight is 363 g/mol. The molecular weight excluding hydrogens is 338 g/mol. The molecular formula is C17H25N5O2S. The molecule has 1 amide bonds. The summed E-state index contributed by atoms with van der Waals surface area (Å²) in [4.78, 5) is 25.0. The first-order valence-electron chi connectivity index (χ1n) is 8.57. The molecule has 3 heterocycles. The summed E-state index contributed by atoms with van der Waals surface area (Å²) in [6, 6.07) is 0.104. The Morgan fingerprint density at radius 1 is 1.44 bits per heavy atom. The highest BCUT2D eigenvalue weighted by Crippen LogP contribution is 2.33. The summed E-state index contributed by atoms with van der Waals surface area (Å²) in [6.07, 6.45) is 3.45. The molecule has 25 heavy (non-hydrogen) atoms. The van der Waals surface area contributed by atoms with E-state index in [0.29, 0.717) is 18.1 Å². The summed E-state index contributed by atoms with van der Waals surface area (Å²) >= 11 is 1.42. The number of rotatable bonds is 7. The largest absolute Gasteiger partial charge is 0.379 e. The predicted molar refractivity (Wildman–Crippen MR) is 101 cm³/mol. The molecule has 1 saturated heterocycles. The van der Waals surface area contributed by atoms with Crippen LogP contribution in [0.5, 0.6) is 0 Å². The van der Waals surface area contributed by atoms with Crippen molar-refractivity contribution >= 4 is 33.3 Å². The lowest BCUT2D eigenvalue weighted by atomic mass is 10.2. The minimum Gasteiger partial charge on any atom is -0.379 e. The van der Waals surface area contributed by atoms with Crippen molar-refractivity contribution in [2.75, 3.05) is 45.7 Å². The van der Waals surface area contributed by atoms with E-state index < -0.39 is 0 Å². The van der Waals surface area contributed by atoms with Gasteiger partial charge in [0, 0.05) is 13.2 Å². The first-order chi connectivity index (χ1) is 12.1. The number of anilines is 1. The van der Waals surface area contributed by atoms with Crippen LogP contribution in [0.4, 0.5) is 5.82 Å². The van der Waals surface area contributed by atoms with E-state index in [1.54, 1.807) is 6.33 Å². The summed E-state index contributed by atoms with van der Waals surface area (Å²) < 4.78 is 5.33. The topological polar surface area (TPSA) is 79.4 Å². The van der Waals surface area contributed by atoms with E-state index in [1.807, 2.05) is 6.92 Å². The molecule has 1 unspecified atom stereocenters. The highest BCUT2D eigenvalue weighted by atomic mass is 32.1. The standard InChI is InChI=1S/C17H25N5O2S/c1-11-13-15(18-6-4-7-22(2)3)19-10-20-17(13)25-14(11)16(23)21-12-5-8-24-9-12/h10,12H,4-9H2,1-3H3,(H,21,23)(H,18,19,20). The molecule has 8 heteroatoms. The molecule has 1 aliphatic heterocycles. The number of nitrogens with one attached hydrogen (secondary N) is 2. The number of aryl methyl sites for hydroxylation is 1. The van der Waals surface area contributed by atoms with Crippen LogP contribution in [-0.2, 0) is 4.74 Å². The number of thiophene rings is 1. The minimum atomic E-state index is -0.0467. The number of amides is 1. The number of ether oxygens (including phenoxy) is 1. The zero-order valence-electron chi connectivity index (χ0n) is 15.0. The second-order valence-electron chi connectivity index (χ2n) is 6.58. The van der Waals surface area contributed by atoms with E-state index in [2.05, 4.69) is 39.6 Å². The number of carbonyl (C=O) groups excluding carboxylic acids is 1. The third kappa shape index (κ3) is 4.26. The van der Waals surface area contributed by atoms with Gasteiger partial charge < -0.3 is 20.3 Å². The summed E-state index contributed by atoms with van der Waals surface area (Å²) in [5, 5.41) is 7.39. The number of fused-ring (bicyclic) bond motifs is 1. The van der Waals surface area contributed by atoms with Crippen LogP contribution in [0.15, 0.2) is 6.33 Å². The van der Waals surface area contributed by atoms with Crippen LogP contribution in [0.25, 0.3) is 10.2 Å². The highest BCUT2D eigenvalue weighted by molar-refractivity contribution is 7.20. The molecule has 0 spiro atoms. The Morgan fingerprint density at radius 3 is 3.00 bits per heavy atom. The lowest BCUT2D eigenvalue weighted by Gasteiger charge is -2.11. The van der Waals surface area contributed by atoms with Gasteiger partial charge in [0.25, 0.3) is 5.91 Å². The van der Waals surface area contributed by atoms with E-state index in [-0.39, 0.29) is 11.9 Å². The Labute approximate surface area is 151 Å². The Bertz CT molecular complexity index is 740. The van der Waals surface area contributed by atoms with E-state index in [9.17, 15) is 4.79 Å². The molecule has 0 aromatic carbocycles. The van der Waals surface area contributed by atoms with Gasteiger partial charge >= 0.3 is 0 Å². The van der Waals surface area contributed by atoms with Gasteiger partial charge in [0.05, 0.1) is 22.9 Å². The zero-order valence-corrected chi connectivity index (χ0v) is 15.8. The van der Waals surface area contributed by atoms with E-state index in [0.717, 1.165) is 47.5 Å². The number of carbonyl (C=O) groups is 1. The van der Waals surface area contributed by atoms with Gasteiger partial charge in [-0.1, -0.05) is 0 Å². The molecule has 0 radical (unpaired) electrons. The minimum absolute atomic E-state index is 0.0467. The number of hydrogen-bond acceptors (Lipinski definition) is 7. The molecule has 0 aliphatic carbocycles. The fraction of sp³-hybridized carbons (Fsp3) is 0.588. The third-order valence-corrected chi connectivity index (χ3v) is 5.47. The SMILES string of the molecule is Cc1c(C(=O)NC2CCOC2)sc2ncnc(NCCCN(C)C)c12. The summed E-state index contributed by atoms with van der Waals surface area (Å²) in [6.45, 7) is 5.12. The van der Waals surface area contributed by atoms with Gasteiger partial charge in [-0.15, -0.1) is 11.3 Å². The number of nitrogens with zero attached hydrogens (tertiary/aromatic N) is 3. The maximum Gasteiger partial charge on any atom is 0.262 e. The molecule has 1 aliphatic rings. The summed E-state index contributed by atoms with van der Waals surface area (Å²) in [7, 11) is 4.12. The Morgan fingerprint density at radius 2 is 2.28 bits per heavy atom. The van der Waals surface area contributed by atoms with Crippen LogP contribution in [0.3, 0.4) is 0 Å². The van der Waals surface area contributed by atoms with Gasteiger partial charge in [-0.25, -0.2) is 9.97 Å². The van der Waals surface area contributed by atoms with Gasteiger partial charge in [0.2, 0.25) is 0 Å². The second-order valence-corrected chi connectivity index (χ2v) is 7.58. The first kappa shape index (κ1) is 18.0. The summed E-state index contributed by atoms with van der Waals surface area (Å²) in [5.74, 6) is 0.760. The van der Waals surface area contributed by atoms with Crippen LogP contribution >= 0.6 is 11.3 Å². The quantitative estimate of drug-likeness (QED) is 0.731. The first-order valence-corrected chi connectivity index (χ1v) is 9.39. The molecule has 1 atom stereocenters. The van der Waals surface area contributed by atoms with E-state index >= 15 is 0 Å². The predicted octanol–water partition coefficient (Wildman–Crippen LogP) is 1.88. The molecule has 2 aromatic heterocycles. The molecule has 2 aromatic rings. The van der Waals surface area contributed by atoms with Crippen LogP contribution in [0, 0.1) is 6.92 Å². The van der Waals surface area contributed by atoms with Crippen LogP contribution in [-0.4, -0.2) is 67.2 Å².